The molecule has 0 aliphatic rings. The molecule has 0 saturated carbocycles. The van der Waals surface area contributed by atoms with Crippen molar-refractivity contribution in [2.24, 2.45) is 0 Å². The van der Waals surface area contributed by atoms with Crippen LogP contribution in [0.1, 0.15) is 18.9 Å². The van der Waals surface area contributed by atoms with Gasteiger partial charge in [0.2, 0.25) is 0 Å². The van der Waals surface area contributed by atoms with E-state index in [0.29, 0.717) is 10.8 Å². The lowest BCUT2D eigenvalue weighted by Gasteiger charge is -2.28. The minimum Gasteiger partial charge on any atom is -0.482 e. The monoisotopic (exact) mass is 454 g/mol. The predicted octanol–water partition coefficient (Wildman–Crippen LogP) is 3.65. The number of carboxylic acids is 1. The van der Waals surface area contributed by atoms with Gasteiger partial charge in [-0.1, -0.05) is 54.1 Å². The van der Waals surface area contributed by atoms with E-state index in [1.165, 1.54) is 18.3 Å². The van der Waals surface area contributed by atoms with Crippen LogP contribution in [0.3, 0.4) is 0 Å². The van der Waals surface area contributed by atoms with E-state index in [9.17, 15) is 19.8 Å². The van der Waals surface area contributed by atoms with E-state index in [2.05, 4.69) is 10.3 Å². The highest BCUT2D eigenvalue weighted by Gasteiger charge is 2.40. The molecule has 0 radical (unpaired) electrons. The van der Waals surface area contributed by atoms with E-state index in [1.54, 1.807) is 31.3 Å². The van der Waals surface area contributed by atoms with Gasteiger partial charge in [-0.2, -0.15) is 0 Å². The summed E-state index contributed by atoms with van der Waals surface area (Å²) in [6.07, 6.45) is 2.80. The Morgan fingerprint density at radius 1 is 1.16 bits per heavy atom. The topological polar surface area (TPSA) is 109 Å². The van der Waals surface area contributed by atoms with E-state index in [1.807, 2.05) is 30.3 Å². The third-order valence-electron chi connectivity index (χ3n) is 4.90. The highest BCUT2D eigenvalue weighted by atomic mass is 35.5. The third kappa shape index (κ3) is 5.63. The molecule has 0 spiro atoms. The Balaban J connectivity index is 1.70. The summed E-state index contributed by atoms with van der Waals surface area (Å²) in [5.41, 5.74) is -0.521. The van der Waals surface area contributed by atoms with Gasteiger partial charge >= 0.3 is 5.97 Å². The van der Waals surface area contributed by atoms with Crippen molar-refractivity contribution in [3.05, 3.63) is 83.6 Å². The van der Waals surface area contributed by atoms with Crippen LogP contribution in [-0.2, 0) is 15.2 Å². The molecule has 0 saturated heterocycles. The number of amides is 1. The number of aromatic nitrogens is 1. The minimum atomic E-state index is -2.24. The molecule has 3 aromatic rings. The van der Waals surface area contributed by atoms with Crippen molar-refractivity contribution >= 4 is 23.5 Å². The van der Waals surface area contributed by atoms with Gasteiger partial charge in [0.1, 0.15) is 5.75 Å². The second kappa shape index (κ2) is 10.3. The normalized spacial score (nSPS) is 13.6. The summed E-state index contributed by atoms with van der Waals surface area (Å²) in [7, 11) is 0. The molecule has 32 heavy (non-hydrogen) atoms. The van der Waals surface area contributed by atoms with Crippen molar-refractivity contribution in [3.63, 3.8) is 0 Å². The fourth-order valence-corrected chi connectivity index (χ4v) is 3.63. The number of nitrogens with zero attached hydrogens (tertiary/aromatic N) is 1. The molecule has 2 aromatic carbocycles. The number of aliphatic hydroxyl groups is 1. The number of nitrogens with one attached hydrogen (secondary N) is 1. The molecule has 8 heteroatoms. The molecule has 7 nitrogen and oxygen atoms in total. The number of benzene rings is 2. The van der Waals surface area contributed by atoms with Crippen LogP contribution in [-0.4, -0.2) is 39.7 Å². The fraction of sp³-hybridized carbons (Fsp3) is 0.208. The maximum absolute atomic E-state index is 12.2. The molecule has 0 bridgehead atoms. The highest BCUT2D eigenvalue weighted by molar-refractivity contribution is 6.33. The van der Waals surface area contributed by atoms with Crippen LogP contribution in [0.5, 0.6) is 5.75 Å². The molecule has 0 fully saturated rings. The summed E-state index contributed by atoms with van der Waals surface area (Å²) in [6.45, 7) is 1.34. The van der Waals surface area contributed by atoms with E-state index in [0.717, 1.165) is 11.1 Å². The lowest BCUT2D eigenvalue weighted by Crippen LogP contribution is -2.45. The highest BCUT2D eigenvalue weighted by Crippen LogP contribution is 2.34. The quantitative estimate of drug-likeness (QED) is 0.455. The molecular weight excluding hydrogens is 432 g/mol. The van der Waals surface area contributed by atoms with Gasteiger partial charge in [-0.05, 0) is 36.2 Å². The molecule has 2 atom stereocenters. The number of carboxylic acid groups (broad SMARTS) is 1. The van der Waals surface area contributed by atoms with Crippen LogP contribution in [0, 0.1) is 0 Å². The fourth-order valence-electron chi connectivity index (χ4n) is 3.34. The average molecular weight is 455 g/mol. The first kappa shape index (κ1) is 23.2. The Kier molecular flexibility index (Phi) is 7.45. The average Bonchev–Trinajstić information content (AvgIpc) is 2.78. The van der Waals surface area contributed by atoms with E-state index >= 15 is 0 Å². The number of pyridine rings is 1. The lowest BCUT2D eigenvalue weighted by molar-refractivity contribution is -0.161. The number of ether oxygens (including phenoxy) is 1. The summed E-state index contributed by atoms with van der Waals surface area (Å²) in [6, 6.07) is 16.7. The zero-order valence-corrected chi connectivity index (χ0v) is 18.1. The number of carbonyl (C=O) groups is 2. The number of halogens is 1. The number of hydrogen-bond acceptors (Lipinski definition) is 5. The van der Waals surface area contributed by atoms with Gasteiger partial charge in [0.25, 0.3) is 5.91 Å². The zero-order chi connectivity index (χ0) is 23.1. The van der Waals surface area contributed by atoms with Gasteiger partial charge in [0, 0.05) is 29.2 Å². The Morgan fingerprint density at radius 2 is 1.91 bits per heavy atom. The van der Waals surface area contributed by atoms with E-state index in [-0.39, 0.29) is 18.6 Å². The predicted molar refractivity (Wildman–Crippen MR) is 120 cm³/mol. The molecule has 0 aliphatic heterocycles. The van der Waals surface area contributed by atoms with Gasteiger partial charge in [0.05, 0.1) is 6.20 Å². The van der Waals surface area contributed by atoms with Gasteiger partial charge in [-0.25, -0.2) is 4.79 Å². The standard InChI is InChI=1S/C24H23ClN2O5/c1-16(27-22(28)15-32-19-8-5-11-26-14-19)13-24(31,23(29)30)18-9-10-20(21(25)12-18)17-6-3-2-4-7-17/h2-12,14,16,31H,13,15H2,1H3,(H,27,28)(H,29,30). The molecule has 0 aliphatic carbocycles. The van der Waals surface area contributed by atoms with Crippen molar-refractivity contribution in [1.29, 1.82) is 0 Å². The molecular formula is C24H23ClN2O5. The Hall–Kier alpha value is -3.42. The second-order valence-electron chi connectivity index (χ2n) is 7.38. The van der Waals surface area contributed by atoms with Crippen molar-refractivity contribution in [1.82, 2.24) is 10.3 Å². The maximum Gasteiger partial charge on any atom is 0.340 e. The van der Waals surface area contributed by atoms with Gasteiger partial charge in [0.15, 0.2) is 12.2 Å². The number of aliphatic carboxylic acids is 1. The largest absolute Gasteiger partial charge is 0.482 e. The Morgan fingerprint density at radius 3 is 2.53 bits per heavy atom. The van der Waals surface area contributed by atoms with Crippen LogP contribution >= 0.6 is 11.6 Å². The first-order valence-corrected chi connectivity index (χ1v) is 10.3. The van der Waals surface area contributed by atoms with Crippen molar-refractivity contribution < 1.29 is 24.5 Å². The summed E-state index contributed by atoms with van der Waals surface area (Å²) in [5, 5.41) is 23.7. The van der Waals surface area contributed by atoms with Gasteiger partial charge in [-0.15, -0.1) is 0 Å². The van der Waals surface area contributed by atoms with Crippen molar-refractivity contribution in [3.8, 4) is 16.9 Å². The summed E-state index contributed by atoms with van der Waals surface area (Å²) in [5.74, 6) is -1.45. The first-order valence-electron chi connectivity index (χ1n) is 9.93. The summed E-state index contributed by atoms with van der Waals surface area (Å²) >= 11 is 6.40. The van der Waals surface area contributed by atoms with Crippen molar-refractivity contribution in [2.75, 3.05) is 6.61 Å². The van der Waals surface area contributed by atoms with E-state index < -0.39 is 23.5 Å². The number of rotatable bonds is 9. The van der Waals surface area contributed by atoms with E-state index in [4.69, 9.17) is 16.3 Å². The molecule has 3 rings (SSSR count). The van der Waals surface area contributed by atoms with Crippen LogP contribution in [0.2, 0.25) is 5.02 Å². The molecule has 3 N–H and O–H groups in total. The van der Waals surface area contributed by atoms with Gasteiger partial charge < -0.3 is 20.3 Å². The first-order chi connectivity index (χ1) is 15.3. The summed E-state index contributed by atoms with van der Waals surface area (Å²) in [4.78, 5) is 28.0. The lowest BCUT2D eigenvalue weighted by atomic mass is 9.86. The van der Waals surface area contributed by atoms with Crippen LogP contribution in [0.4, 0.5) is 0 Å². The molecule has 1 heterocycles. The van der Waals surface area contributed by atoms with Crippen LogP contribution in [0.25, 0.3) is 11.1 Å². The SMILES string of the molecule is CC(CC(O)(C(=O)O)c1ccc(-c2ccccc2)c(Cl)c1)NC(=O)COc1cccnc1. The maximum atomic E-state index is 12.2. The smallest absolute Gasteiger partial charge is 0.340 e. The second-order valence-corrected chi connectivity index (χ2v) is 7.78. The Bertz CT molecular complexity index is 1080. The minimum absolute atomic E-state index is 0.127. The zero-order valence-electron chi connectivity index (χ0n) is 17.4. The molecule has 166 valence electrons. The van der Waals surface area contributed by atoms with Crippen molar-refractivity contribution in [2.45, 2.75) is 25.0 Å². The summed E-state index contributed by atoms with van der Waals surface area (Å²) < 4.78 is 5.33. The van der Waals surface area contributed by atoms with Crippen LogP contribution < -0.4 is 10.1 Å². The number of hydrogen-bond donors (Lipinski definition) is 3. The molecule has 1 aromatic heterocycles. The number of carbonyl (C=O) groups excluding carboxylic acids is 1. The van der Waals surface area contributed by atoms with Crippen LogP contribution in [0.15, 0.2) is 73.1 Å². The van der Waals surface area contributed by atoms with Gasteiger partial charge in [-0.3, -0.25) is 9.78 Å². The molecule has 2 unspecified atom stereocenters. The molecule has 1 amide bonds. The third-order valence-corrected chi connectivity index (χ3v) is 5.21. The Labute approximate surface area is 190 Å².